The van der Waals surface area contributed by atoms with Gasteiger partial charge in [0.25, 0.3) is 5.91 Å². The van der Waals surface area contributed by atoms with Crippen LogP contribution in [0.2, 0.25) is 0 Å². The Balaban J connectivity index is 2.28. The van der Waals surface area contributed by atoms with Crippen LogP contribution in [0, 0.1) is 18.6 Å². The number of carbonyl (C=O) groups excluding carboxylic acids is 1. The lowest BCUT2D eigenvalue weighted by molar-refractivity contribution is 0.102. The molecule has 0 unspecified atom stereocenters. The van der Waals surface area contributed by atoms with Gasteiger partial charge in [0.15, 0.2) is 0 Å². The number of aromatic amines is 1. The van der Waals surface area contributed by atoms with Gasteiger partial charge in [0.2, 0.25) is 0 Å². The van der Waals surface area contributed by atoms with Crippen LogP contribution in [-0.2, 0) is 0 Å². The molecular formula is C11H9F2N3O. The molecule has 0 spiro atoms. The number of hydrogen-bond acceptors (Lipinski definition) is 2. The maximum absolute atomic E-state index is 13.3. The number of carbonyl (C=O) groups is 1. The summed E-state index contributed by atoms with van der Waals surface area (Å²) >= 11 is 0. The third-order valence-electron chi connectivity index (χ3n) is 2.25. The molecule has 0 bridgehead atoms. The molecule has 4 nitrogen and oxygen atoms in total. The Labute approximate surface area is 95.7 Å². The van der Waals surface area contributed by atoms with E-state index in [4.69, 9.17) is 0 Å². The molecule has 17 heavy (non-hydrogen) atoms. The van der Waals surface area contributed by atoms with E-state index < -0.39 is 23.2 Å². The first-order valence-corrected chi connectivity index (χ1v) is 4.85. The second kappa shape index (κ2) is 4.32. The van der Waals surface area contributed by atoms with Crippen LogP contribution in [0.25, 0.3) is 0 Å². The van der Waals surface area contributed by atoms with Crippen LogP contribution in [0.4, 0.5) is 14.5 Å². The molecule has 0 aliphatic carbocycles. The quantitative estimate of drug-likeness (QED) is 0.841. The van der Waals surface area contributed by atoms with E-state index in [1.165, 1.54) is 12.4 Å². The number of nitrogens with zero attached hydrogens (tertiary/aromatic N) is 1. The SMILES string of the molecule is Cc1[nH]cnc1C(=O)Nc1c(F)cccc1F. The van der Waals surface area contributed by atoms with E-state index in [0.717, 1.165) is 12.1 Å². The summed E-state index contributed by atoms with van der Waals surface area (Å²) in [5.41, 5.74) is 0.159. The fourth-order valence-corrected chi connectivity index (χ4v) is 1.38. The highest BCUT2D eigenvalue weighted by molar-refractivity contribution is 6.03. The molecule has 2 aromatic rings. The van der Waals surface area contributed by atoms with Crippen molar-refractivity contribution in [2.45, 2.75) is 6.92 Å². The minimum absolute atomic E-state index is 0.104. The normalized spacial score (nSPS) is 10.3. The zero-order chi connectivity index (χ0) is 12.4. The zero-order valence-corrected chi connectivity index (χ0v) is 8.92. The molecule has 0 radical (unpaired) electrons. The number of rotatable bonds is 2. The van der Waals surface area contributed by atoms with Crippen molar-refractivity contribution < 1.29 is 13.6 Å². The van der Waals surface area contributed by atoms with Crippen molar-refractivity contribution in [2.24, 2.45) is 0 Å². The van der Waals surface area contributed by atoms with Gasteiger partial charge in [-0.25, -0.2) is 13.8 Å². The number of aryl methyl sites for hydroxylation is 1. The topological polar surface area (TPSA) is 57.8 Å². The Kier molecular flexibility index (Phi) is 2.86. The molecule has 6 heteroatoms. The maximum Gasteiger partial charge on any atom is 0.276 e. The largest absolute Gasteiger partial charge is 0.348 e. The monoisotopic (exact) mass is 237 g/mol. The van der Waals surface area contributed by atoms with Crippen LogP contribution in [0.15, 0.2) is 24.5 Å². The van der Waals surface area contributed by atoms with E-state index in [0.29, 0.717) is 5.69 Å². The number of anilines is 1. The Morgan fingerprint density at radius 3 is 2.53 bits per heavy atom. The predicted octanol–water partition coefficient (Wildman–Crippen LogP) is 2.25. The van der Waals surface area contributed by atoms with E-state index in [1.54, 1.807) is 6.92 Å². The van der Waals surface area contributed by atoms with Gasteiger partial charge in [-0.15, -0.1) is 0 Å². The average molecular weight is 237 g/mol. The van der Waals surface area contributed by atoms with Crippen molar-refractivity contribution >= 4 is 11.6 Å². The summed E-state index contributed by atoms with van der Waals surface area (Å²) in [6.45, 7) is 1.64. The van der Waals surface area contributed by atoms with Gasteiger partial charge in [-0.05, 0) is 19.1 Å². The van der Waals surface area contributed by atoms with E-state index in [1.807, 2.05) is 0 Å². The Bertz CT molecular complexity index is 545. The summed E-state index contributed by atoms with van der Waals surface area (Å²) in [5, 5.41) is 2.15. The summed E-state index contributed by atoms with van der Waals surface area (Å²) in [5.74, 6) is -2.31. The highest BCUT2D eigenvalue weighted by atomic mass is 19.1. The first kappa shape index (κ1) is 11.3. The fraction of sp³-hybridized carbons (Fsp3) is 0.0909. The van der Waals surface area contributed by atoms with Crippen molar-refractivity contribution in [3.05, 3.63) is 47.5 Å². The van der Waals surface area contributed by atoms with Gasteiger partial charge in [0.05, 0.1) is 6.33 Å². The van der Waals surface area contributed by atoms with Crippen LogP contribution in [-0.4, -0.2) is 15.9 Å². The molecule has 2 N–H and O–H groups in total. The lowest BCUT2D eigenvalue weighted by atomic mass is 10.2. The molecule has 2 rings (SSSR count). The highest BCUT2D eigenvalue weighted by Crippen LogP contribution is 2.18. The molecule has 1 aromatic heterocycles. The third-order valence-corrected chi connectivity index (χ3v) is 2.25. The summed E-state index contributed by atoms with van der Waals surface area (Å²) in [6.07, 6.45) is 1.34. The van der Waals surface area contributed by atoms with Crippen molar-refractivity contribution in [3.8, 4) is 0 Å². The van der Waals surface area contributed by atoms with Crippen LogP contribution in [0.3, 0.4) is 0 Å². The molecule has 0 fully saturated rings. The number of para-hydroxylation sites is 1. The van der Waals surface area contributed by atoms with Crippen LogP contribution < -0.4 is 5.32 Å². The minimum Gasteiger partial charge on any atom is -0.348 e. The first-order chi connectivity index (χ1) is 8.09. The number of amides is 1. The average Bonchev–Trinajstić information content (AvgIpc) is 2.70. The molecule has 1 amide bonds. The molecule has 0 aliphatic heterocycles. The number of benzene rings is 1. The van der Waals surface area contributed by atoms with Crippen LogP contribution in [0.1, 0.15) is 16.2 Å². The van der Waals surface area contributed by atoms with E-state index in [2.05, 4.69) is 15.3 Å². The molecular weight excluding hydrogens is 228 g/mol. The number of hydrogen-bond donors (Lipinski definition) is 2. The summed E-state index contributed by atoms with van der Waals surface area (Å²) in [7, 11) is 0. The van der Waals surface area contributed by atoms with E-state index in [-0.39, 0.29) is 5.69 Å². The van der Waals surface area contributed by atoms with Gasteiger partial charge >= 0.3 is 0 Å². The second-order valence-corrected chi connectivity index (χ2v) is 3.43. The van der Waals surface area contributed by atoms with Gasteiger partial charge in [-0.2, -0.15) is 0 Å². The minimum atomic E-state index is -0.827. The highest BCUT2D eigenvalue weighted by Gasteiger charge is 2.16. The van der Waals surface area contributed by atoms with E-state index in [9.17, 15) is 13.6 Å². The van der Waals surface area contributed by atoms with E-state index >= 15 is 0 Å². The lowest BCUT2D eigenvalue weighted by Crippen LogP contribution is -2.15. The number of H-pyrrole nitrogens is 1. The Morgan fingerprint density at radius 1 is 1.35 bits per heavy atom. The molecule has 0 saturated heterocycles. The van der Waals surface area contributed by atoms with Crippen molar-refractivity contribution in [1.82, 2.24) is 9.97 Å². The lowest BCUT2D eigenvalue weighted by Gasteiger charge is -2.06. The fourth-order valence-electron chi connectivity index (χ4n) is 1.38. The van der Waals surface area contributed by atoms with Crippen molar-refractivity contribution in [2.75, 3.05) is 5.32 Å². The second-order valence-electron chi connectivity index (χ2n) is 3.43. The predicted molar refractivity (Wildman–Crippen MR) is 57.6 cm³/mol. The molecule has 0 atom stereocenters. The van der Waals surface area contributed by atoms with Crippen molar-refractivity contribution in [1.29, 1.82) is 0 Å². The van der Waals surface area contributed by atoms with Crippen molar-refractivity contribution in [3.63, 3.8) is 0 Å². The summed E-state index contributed by atoms with van der Waals surface area (Å²) in [4.78, 5) is 18.1. The molecule has 0 aliphatic rings. The Hall–Kier alpha value is -2.24. The zero-order valence-electron chi connectivity index (χ0n) is 8.92. The van der Waals surface area contributed by atoms with Gasteiger partial charge in [0, 0.05) is 5.69 Å². The number of aromatic nitrogens is 2. The number of imidazole rings is 1. The molecule has 1 aromatic carbocycles. The van der Waals surface area contributed by atoms with Gasteiger partial charge in [0.1, 0.15) is 23.0 Å². The standard InChI is InChI=1S/C11H9F2N3O/c1-6-9(15-5-14-6)11(17)16-10-7(12)3-2-4-8(10)13/h2-5H,1H3,(H,14,15)(H,16,17). The molecule has 0 saturated carbocycles. The van der Waals surface area contributed by atoms with Gasteiger partial charge in [-0.1, -0.05) is 6.07 Å². The molecule has 88 valence electrons. The van der Waals surface area contributed by atoms with Gasteiger partial charge < -0.3 is 10.3 Å². The molecule has 1 heterocycles. The number of halogens is 2. The summed E-state index contributed by atoms with van der Waals surface area (Å²) < 4.78 is 26.5. The Morgan fingerprint density at radius 2 is 2.00 bits per heavy atom. The first-order valence-electron chi connectivity index (χ1n) is 4.85. The summed E-state index contributed by atoms with van der Waals surface area (Å²) in [6, 6.07) is 3.35. The third kappa shape index (κ3) is 2.15. The maximum atomic E-state index is 13.3. The number of nitrogens with one attached hydrogen (secondary N) is 2. The van der Waals surface area contributed by atoms with Gasteiger partial charge in [-0.3, -0.25) is 4.79 Å². The van der Waals surface area contributed by atoms with Crippen LogP contribution in [0.5, 0.6) is 0 Å². The smallest absolute Gasteiger partial charge is 0.276 e. The van der Waals surface area contributed by atoms with Crippen LogP contribution >= 0.6 is 0 Å².